The number of aliphatic carboxylic acids is 1. The normalized spacial score (nSPS) is 14.1. The summed E-state index contributed by atoms with van der Waals surface area (Å²) in [5.74, 6) is -4.96. The van der Waals surface area contributed by atoms with Crippen LogP contribution in [-0.4, -0.2) is 69.8 Å². The first-order chi connectivity index (χ1) is 27.3. The summed E-state index contributed by atoms with van der Waals surface area (Å²) in [6.07, 6.45) is 5.69. The number of hydrogen-bond acceptors (Lipinski definition) is 8. The largest absolute Gasteiger partial charge is 0.480 e. The van der Waals surface area contributed by atoms with Crippen LogP contribution in [0.15, 0.2) is 48.5 Å². The first kappa shape index (κ1) is 49.6. The zero-order valence-electron chi connectivity index (χ0n) is 36.1. The Hall–Kier alpha value is -4.51. The number of amides is 2. The van der Waals surface area contributed by atoms with E-state index >= 15 is 0 Å². The van der Waals surface area contributed by atoms with Gasteiger partial charge in [-0.2, -0.15) is 0 Å². The molecular weight excluding hydrogens is 737 g/mol. The van der Waals surface area contributed by atoms with Crippen molar-refractivity contribution in [3.8, 4) is 11.1 Å². The molecule has 0 unspecified atom stereocenters. The fraction of sp³-hybridized carbons (Fsp3) is 0.596. The van der Waals surface area contributed by atoms with Crippen molar-refractivity contribution in [3.63, 3.8) is 0 Å². The molecule has 0 aliphatic heterocycles. The van der Waals surface area contributed by atoms with Crippen molar-refractivity contribution >= 4 is 40.9 Å². The maximum Gasteiger partial charge on any atom is 0.326 e. The molecule has 0 heterocycles. The SMILES string of the molecule is CCCCC[C@H](CC(=O)CCCC(=O)c1ccc(-c2ccc(CCCC)cc2)cc1)C(=O)N[C@H](C(=O)C[C@@H](C)C(=O)N[C@@H](CCC(C)=O)C(=O)O)[C@@H](C)OC(C)(C)C. The van der Waals surface area contributed by atoms with Gasteiger partial charge < -0.3 is 25.3 Å². The highest BCUT2D eigenvalue weighted by atomic mass is 16.5. The molecule has 0 saturated carbocycles. The Labute approximate surface area is 345 Å². The second-order valence-corrected chi connectivity index (χ2v) is 16.7. The van der Waals surface area contributed by atoms with Gasteiger partial charge in [0.1, 0.15) is 23.7 Å². The molecule has 0 bridgehead atoms. The van der Waals surface area contributed by atoms with E-state index in [0.29, 0.717) is 24.8 Å². The van der Waals surface area contributed by atoms with Crippen molar-refractivity contribution in [2.45, 2.75) is 169 Å². The monoisotopic (exact) mass is 804 g/mol. The van der Waals surface area contributed by atoms with Crippen molar-refractivity contribution in [2.75, 3.05) is 0 Å². The Bertz CT molecular complexity index is 1660. The highest BCUT2D eigenvalue weighted by Crippen LogP contribution is 2.23. The Morgan fingerprint density at radius 1 is 0.707 bits per heavy atom. The van der Waals surface area contributed by atoms with Crippen LogP contribution in [-0.2, 0) is 39.9 Å². The minimum atomic E-state index is -1.29. The van der Waals surface area contributed by atoms with Crippen molar-refractivity contribution in [1.82, 2.24) is 10.6 Å². The van der Waals surface area contributed by atoms with E-state index in [1.807, 2.05) is 52.0 Å². The molecule has 2 rings (SSSR count). The lowest BCUT2D eigenvalue weighted by molar-refractivity contribution is -0.143. The molecule has 2 aromatic carbocycles. The first-order valence-electron chi connectivity index (χ1n) is 21.1. The third-order valence-electron chi connectivity index (χ3n) is 10.2. The highest BCUT2D eigenvalue weighted by molar-refractivity contribution is 5.97. The van der Waals surface area contributed by atoms with Gasteiger partial charge in [0.25, 0.3) is 0 Å². The quantitative estimate of drug-likeness (QED) is 0.0564. The number of rotatable bonds is 28. The second kappa shape index (κ2) is 25.1. The Morgan fingerprint density at radius 3 is 1.86 bits per heavy atom. The molecule has 2 amide bonds. The topological polar surface area (TPSA) is 173 Å². The minimum Gasteiger partial charge on any atom is -0.480 e. The van der Waals surface area contributed by atoms with E-state index in [9.17, 15) is 38.7 Å². The number of ketones is 4. The number of hydrogen-bond donors (Lipinski definition) is 3. The maximum absolute atomic E-state index is 13.9. The van der Waals surface area contributed by atoms with Crippen LogP contribution >= 0.6 is 0 Å². The first-order valence-corrected chi connectivity index (χ1v) is 21.1. The van der Waals surface area contributed by atoms with Crippen LogP contribution in [0.3, 0.4) is 0 Å². The average molecular weight is 805 g/mol. The number of carboxylic acid groups (broad SMARTS) is 1. The summed E-state index contributed by atoms with van der Waals surface area (Å²) in [5.41, 5.74) is 3.32. The summed E-state index contributed by atoms with van der Waals surface area (Å²) in [4.78, 5) is 90.1. The minimum absolute atomic E-state index is 0.0235. The lowest BCUT2D eigenvalue weighted by Gasteiger charge is -2.32. The summed E-state index contributed by atoms with van der Waals surface area (Å²) in [6, 6.07) is 13.6. The molecule has 0 radical (unpaired) electrons. The smallest absolute Gasteiger partial charge is 0.326 e. The van der Waals surface area contributed by atoms with Gasteiger partial charge in [0.15, 0.2) is 11.6 Å². The predicted molar refractivity (Wildman–Crippen MR) is 226 cm³/mol. The lowest BCUT2D eigenvalue weighted by Crippen LogP contribution is -2.53. The van der Waals surface area contributed by atoms with Gasteiger partial charge in [0, 0.05) is 49.5 Å². The third-order valence-corrected chi connectivity index (χ3v) is 10.2. The van der Waals surface area contributed by atoms with Crippen LogP contribution in [0.2, 0.25) is 0 Å². The van der Waals surface area contributed by atoms with Crippen LogP contribution in [0.4, 0.5) is 0 Å². The maximum atomic E-state index is 13.9. The Kier molecular flexibility index (Phi) is 21.5. The van der Waals surface area contributed by atoms with Crippen LogP contribution in [0.5, 0.6) is 0 Å². The zero-order chi connectivity index (χ0) is 43.4. The van der Waals surface area contributed by atoms with Gasteiger partial charge in [-0.1, -0.05) is 95.0 Å². The van der Waals surface area contributed by atoms with Crippen LogP contribution in [0, 0.1) is 11.8 Å². The summed E-state index contributed by atoms with van der Waals surface area (Å²) in [7, 11) is 0. The van der Waals surface area contributed by atoms with E-state index < -0.39 is 59.2 Å². The van der Waals surface area contributed by atoms with E-state index in [4.69, 9.17) is 4.74 Å². The van der Waals surface area contributed by atoms with E-state index in [-0.39, 0.29) is 55.9 Å². The Morgan fingerprint density at radius 2 is 1.31 bits per heavy atom. The van der Waals surface area contributed by atoms with E-state index in [0.717, 1.165) is 43.2 Å². The van der Waals surface area contributed by atoms with E-state index in [1.54, 1.807) is 6.92 Å². The standard InChI is InChI=1S/C47H68N2O9/c1-9-11-13-16-38(30-39(51)17-14-18-41(52)37-26-24-36(25-27-37)35-22-20-34(21-23-35)15-12-10-2)45(55)49-43(33(5)58-47(6,7)8)42(53)29-31(3)44(54)48-40(46(56)57)28-19-32(4)50/h20-27,31,33,38,40,43H,9-19,28-30H2,1-8H3,(H,48,54)(H,49,55)(H,56,57)/t31-,33-,38-,40+,43+/m1/s1. The second-order valence-electron chi connectivity index (χ2n) is 16.7. The molecule has 0 aromatic heterocycles. The van der Waals surface area contributed by atoms with Crippen molar-refractivity contribution in [1.29, 1.82) is 0 Å². The Balaban J connectivity index is 2.08. The van der Waals surface area contributed by atoms with Gasteiger partial charge in [-0.25, -0.2) is 4.79 Å². The summed E-state index contributed by atoms with van der Waals surface area (Å²) >= 11 is 0. The number of benzene rings is 2. The van der Waals surface area contributed by atoms with Gasteiger partial charge in [0.05, 0.1) is 11.7 Å². The van der Waals surface area contributed by atoms with Crippen molar-refractivity contribution in [3.05, 3.63) is 59.7 Å². The molecule has 58 heavy (non-hydrogen) atoms. The lowest BCUT2D eigenvalue weighted by atomic mass is 9.91. The summed E-state index contributed by atoms with van der Waals surface area (Å²) in [6.45, 7) is 14.1. The third kappa shape index (κ3) is 18.4. The van der Waals surface area contributed by atoms with Gasteiger partial charge in [0.2, 0.25) is 11.8 Å². The molecule has 5 atom stereocenters. The molecule has 2 aromatic rings. The molecular formula is C47H68N2O9. The number of carbonyl (C=O) groups excluding carboxylic acids is 6. The molecule has 0 aliphatic rings. The van der Waals surface area contributed by atoms with E-state index in [2.05, 4.69) is 41.8 Å². The molecule has 0 aliphatic carbocycles. The number of carboxylic acids is 1. The molecule has 0 saturated heterocycles. The fourth-order valence-electron chi connectivity index (χ4n) is 6.82. The molecule has 320 valence electrons. The molecule has 11 nitrogen and oxygen atoms in total. The zero-order valence-corrected chi connectivity index (χ0v) is 36.1. The van der Waals surface area contributed by atoms with Crippen molar-refractivity contribution < 1.29 is 43.4 Å². The molecule has 11 heteroatoms. The number of aryl methyl sites for hydroxylation is 1. The highest BCUT2D eigenvalue weighted by Gasteiger charge is 2.35. The van der Waals surface area contributed by atoms with E-state index in [1.165, 1.54) is 19.4 Å². The predicted octanol–water partition coefficient (Wildman–Crippen LogP) is 8.43. The number of carbonyl (C=O) groups is 7. The summed E-state index contributed by atoms with van der Waals surface area (Å²) in [5, 5.41) is 14.8. The van der Waals surface area contributed by atoms with Crippen LogP contribution in [0.25, 0.3) is 11.1 Å². The van der Waals surface area contributed by atoms with Crippen LogP contribution in [0.1, 0.15) is 155 Å². The molecule has 0 fully saturated rings. The number of Topliss-reactive ketones (excluding diaryl/α,β-unsaturated/α-hetero) is 4. The van der Waals surface area contributed by atoms with Gasteiger partial charge in [-0.3, -0.25) is 24.0 Å². The fourth-order valence-corrected chi connectivity index (χ4v) is 6.82. The van der Waals surface area contributed by atoms with Crippen molar-refractivity contribution in [2.24, 2.45) is 11.8 Å². The molecule has 0 spiro atoms. The van der Waals surface area contributed by atoms with Gasteiger partial charge >= 0.3 is 5.97 Å². The summed E-state index contributed by atoms with van der Waals surface area (Å²) < 4.78 is 6.09. The number of nitrogens with one attached hydrogen (secondary N) is 2. The molecule has 3 N–H and O–H groups in total. The number of unbranched alkanes of at least 4 members (excludes halogenated alkanes) is 3. The van der Waals surface area contributed by atoms with Gasteiger partial charge in [-0.15, -0.1) is 0 Å². The average Bonchev–Trinajstić information content (AvgIpc) is 3.16. The van der Waals surface area contributed by atoms with Crippen LogP contribution < -0.4 is 10.6 Å². The van der Waals surface area contributed by atoms with Gasteiger partial charge in [-0.05, 0) is 83.4 Å². The number of ether oxygens (including phenoxy) is 1.